The molecule has 0 radical (unpaired) electrons. The van der Waals surface area contributed by atoms with Gasteiger partial charge in [0, 0.05) is 17.8 Å². The number of benzene rings is 2. The van der Waals surface area contributed by atoms with Gasteiger partial charge in [-0.25, -0.2) is 4.79 Å². The van der Waals surface area contributed by atoms with Crippen molar-refractivity contribution in [3.8, 4) is 0 Å². The molecule has 4 N–H and O–H groups in total. The van der Waals surface area contributed by atoms with Crippen LogP contribution >= 0.6 is 0 Å². The molecule has 2 aromatic rings. The third-order valence-electron chi connectivity index (χ3n) is 5.30. The first kappa shape index (κ1) is 25.6. The molecule has 2 amide bonds. The number of alkyl carbamates (subject to hydrolysis) is 1. The number of allylic oxidation sites excluding steroid dienone is 1. The Balaban J connectivity index is 2.31. The van der Waals surface area contributed by atoms with Crippen LogP contribution in [0.5, 0.6) is 0 Å². The maximum atomic E-state index is 13.4. The van der Waals surface area contributed by atoms with Crippen LogP contribution in [-0.2, 0) is 22.4 Å². The molecule has 2 aromatic carbocycles. The minimum Gasteiger partial charge on any atom is -0.453 e. The first-order valence-corrected chi connectivity index (χ1v) is 11.1. The van der Waals surface area contributed by atoms with E-state index < -0.39 is 12.1 Å². The summed E-state index contributed by atoms with van der Waals surface area (Å²) in [6.07, 6.45) is 2.91. The van der Waals surface area contributed by atoms with Gasteiger partial charge in [0.25, 0.3) is 0 Å². The van der Waals surface area contributed by atoms with E-state index in [4.69, 9.17) is 15.5 Å². The molecular weight excluding hydrogens is 416 g/mol. The van der Waals surface area contributed by atoms with Crippen LogP contribution in [0.3, 0.4) is 0 Å². The number of ether oxygens (including phenoxy) is 1. The van der Waals surface area contributed by atoms with Crippen molar-refractivity contribution in [2.45, 2.75) is 52.1 Å². The van der Waals surface area contributed by atoms with E-state index >= 15 is 0 Å². The lowest BCUT2D eigenvalue weighted by Crippen LogP contribution is -2.51. The highest BCUT2D eigenvalue weighted by Gasteiger charge is 2.26. The molecule has 7 nitrogen and oxygen atoms in total. The second-order valence-electron chi connectivity index (χ2n) is 7.80. The van der Waals surface area contributed by atoms with E-state index in [0.717, 1.165) is 29.0 Å². The van der Waals surface area contributed by atoms with Gasteiger partial charge in [0.1, 0.15) is 6.04 Å². The van der Waals surface area contributed by atoms with Crippen molar-refractivity contribution in [2.75, 3.05) is 12.8 Å². The maximum absolute atomic E-state index is 13.4. The van der Waals surface area contributed by atoms with Crippen molar-refractivity contribution in [3.63, 3.8) is 0 Å². The number of amides is 2. The number of aliphatic imine (C=N–C) groups is 1. The number of nitrogens with zero attached hydrogens (tertiary/aromatic N) is 1. The molecule has 7 heteroatoms. The number of rotatable bonds is 10. The summed E-state index contributed by atoms with van der Waals surface area (Å²) in [6.45, 7) is 5.90. The SMILES string of the molecule is C/C=C(\N=C(C)CC)[C@H](Cc1ccc(N)cc1)NC(=O)[C@H](Cc1ccccc1)NC(=O)OC. The number of hydrogen-bond donors (Lipinski definition) is 3. The summed E-state index contributed by atoms with van der Waals surface area (Å²) in [7, 11) is 1.27. The topological polar surface area (TPSA) is 106 Å². The Kier molecular flexibility index (Phi) is 10.1. The second-order valence-corrected chi connectivity index (χ2v) is 7.80. The molecule has 0 heterocycles. The fourth-order valence-electron chi connectivity index (χ4n) is 3.29. The first-order chi connectivity index (χ1) is 15.9. The largest absolute Gasteiger partial charge is 0.453 e. The highest BCUT2D eigenvalue weighted by Crippen LogP contribution is 2.15. The average Bonchev–Trinajstić information content (AvgIpc) is 2.83. The fraction of sp³-hybridized carbons (Fsp3) is 0.346. The lowest BCUT2D eigenvalue weighted by Gasteiger charge is -2.24. The van der Waals surface area contributed by atoms with Crippen LogP contribution in [0, 0.1) is 0 Å². The van der Waals surface area contributed by atoms with Crippen LogP contribution in [-0.4, -0.2) is 36.9 Å². The fourth-order valence-corrected chi connectivity index (χ4v) is 3.29. The lowest BCUT2D eigenvalue weighted by molar-refractivity contribution is -0.123. The Morgan fingerprint density at radius 1 is 1.00 bits per heavy atom. The summed E-state index contributed by atoms with van der Waals surface area (Å²) >= 11 is 0. The lowest BCUT2D eigenvalue weighted by atomic mass is 10.0. The second kappa shape index (κ2) is 13.1. The van der Waals surface area contributed by atoms with Crippen molar-refractivity contribution in [2.24, 2.45) is 4.99 Å². The highest BCUT2D eigenvalue weighted by atomic mass is 16.5. The molecule has 0 aliphatic heterocycles. The number of nitrogens with one attached hydrogen (secondary N) is 2. The van der Waals surface area contributed by atoms with Crippen LogP contribution in [0.2, 0.25) is 0 Å². The summed E-state index contributed by atoms with van der Waals surface area (Å²) < 4.78 is 4.74. The van der Waals surface area contributed by atoms with Crippen LogP contribution < -0.4 is 16.4 Å². The van der Waals surface area contributed by atoms with E-state index in [1.165, 1.54) is 7.11 Å². The van der Waals surface area contributed by atoms with Gasteiger partial charge in [-0.2, -0.15) is 0 Å². The summed E-state index contributed by atoms with van der Waals surface area (Å²) in [6, 6.07) is 15.9. The van der Waals surface area contributed by atoms with Crippen molar-refractivity contribution < 1.29 is 14.3 Å². The number of carbonyl (C=O) groups excluding carboxylic acids is 2. The zero-order chi connectivity index (χ0) is 24.2. The van der Waals surface area contributed by atoms with E-state index in [1.807, 2.05) is 81.4 Å². The van der Waals surface area contributed by atoms with Gasteiger partial charge < -0.3 is 21.1 Å². The third-order valence-corrected chi connectivity index (χ3v) is 5.30. The molecule has 0 fully saturated rings. The number of carbonyl (C=O) groups is 2. The van der Waals surface area contributed by atoms with Gasteiger partial charge in [-0.3, -0.25) is 9.79 Å². The first-order valence-electron chi connectivity index (χ1n) is 11.1. The predicted octanol–water partition coefficient (Wildman–Crippen LogP) is 4.04. The molecule has 2 rings (SSSR count). The molecule has 0 spiro atoms. The summed E-state index contributed by atoms with van der Waals surface area (Å²) in [5.41, 5.74) is 10.2. The molecule has 2 atom stereocenters. The van der Waals surface area contributed by atoms with Gasteiger partial charge >= 0.3 is 6.09 Å². The molecule has 0 saturated carbocycles. The Morgan fingerprint density at radius 2 is 1.61 bits per heavy atom. The van der Waals surface area contributed by atoms with Crippen LogP contribution in [0.25, 0.3) is 0 Å². The minimum absolute atomic E-state index is 0.312. The minimum atomic E-state index is -0.803. The molecule has 0 saturated heterocycles. The van der Waals surface area contributed by atoms with Gasteiger partial charge in [-0.15, -0.1) is 0 Å². The maximum Gasteiger partial charge on any atom is 0.407 e. The van der Waals surface area contributed by atoms with Crippen molar-refractivity contribution in [3.05, 3.63) is 77.5 Å². The van der Waals surface area contributed by atoms with E-state index in [2.05, 4.69) is 10.6 Å². The molecule has 33 heavy (non-hydrogen) atoms. The van der Waals surface area contributed by atoms with Crippen LogP contribution in [0.15, 0.2) is 71.4 Å². The molecule has 0 aliphatic rings. The number of hydrogen-bond acceptors (Lipinski definition) is 5. The molecule has 0 aromatic heterocycles. The number of anilines is 1. The zero-order valence-electron chi connectivity index (χ0n) is 19.8. The molecule has 0 bridgehead atoms. The predicted molar refractivity (Wildman–Crippen MR) is 133 cm³/mol. The summed E-state index contributed by atoms with van der Waals surface area (Å²) in [5.74, 6) is -0.312. The molecule has 0 aliphatic carbocycles. The Labute approximate surface area is 196 Å². The van der Waals surface area contributed by atoms with E-state index in [1.54, 1.807) is 0 Å². The Morgan fingerprint density at radius 3 is 2.18 bits per heavy atom. The van der Waals surface area contributed by atoms with Gasteiger partial charge in [0.2, 0.25) is 5.91 Å². The molecule has 0 unspecified atom stereocenters. The number of nitrogen functional groups attached to an aromatic ring is 1. The Hall–Kier alpha value is -3.61. The van der Waals surface area contributed by atoms with E-state index in [0.29, 0.717) is 18.5 Å². The van der Waals surface area contributed by atoms with Gasteiger partial charge in [0.15, 0.2) is 0 Å². The average molecular weight is 451 g/mol. The van der Waals surface area contributed by atoms with E-state index in [9.17, 15) is 9.59 Å². The third kappa shape index (κ3) is 8.44. The number of methoxy groups -OCH3 is 1. The van der Waals surface area contributed by atoms with E-state index in [-0.39, 0.29) is 11.9 Å². The van der Waals surface area contributed by atoms with Gasteiger partial charge in [-0.05, 0) is 49.9 Å². The quantitative estimate of drug-likeness (QED) is 0.375. The highest BCUT2D eigenvalue weighted by molar-refractivity contribution is 5.87. The number of nitrogens with two attached hydrogens (primary N) is 1. The van der Waals surface area contributed by atoms with Crippen LogP contribution in [0.4, 0.5) is 10.5 Å². The normalized spacial score (nSPS) is 13.7. The summed E-state index contributed by atoms with van der Waals surface area (Å²) in [4.78, 5) is 30.0. The smallest absolute Gasteiger partial charge is 0.407 e. The van der Waals surface area contributed by atoms with Crippen molar-refractivity contribution in [1.29, 1.82) is 0 Å². The van der Waals surface area contributed by atoms with Gasteiger partial charge in [0.05, 0.1) is 18.8 Å². The Bertz CT molecular complexity index is 969. The standard InChI is InChI=1S/C26H34N4O3/c1-5-18(3)28-22(6-2)23(16-20-12-14-21(27)15-13-20)29-25(31)24(30-26(32)33-4)17-19-10-8-7-9-11-19/h6-15,23-24H,5,16-17,27H2,1-4H3,(H,29,31)(H,30,32)/b22-6-,28-18?/t23-,24-/m0/s1. The zero-order valence-corrected chi connectivity index (χ0v) is 19.8. The summed E-state index contributed by atoms with van der Waals surface area (Å²) in [5, 5.41) is 5.75. The van der Waals surface area contributed by atoms with Crippen LogP contribution in [0.1, 0.15) is 38.3 Å². The molecule has 176 valence electrons. The monoisotopic (exact) mass is 450 g/mol. The van der Waals surface area contributed by atoms with Crippen molar-refractivity contribution in [1.82, 2.24) is 10.6 Å². The van der Waals surface area contributed by atoms with Crippen molar-refractivity contribution >= 4 is 23.4 Å². The van der Waals surface area contributed by atoms with Gasteiger partial charge in [-0.1, -0.05) is 55.5 Å². The molecular formula is C26H34N4O3.